The molecule has 0 bridgehead atoms. The molecule has 132 valence electrons. The summed E-state index contributed by atoms with van der Waals surface area (Å²) in [5.41, 5.74) is 1.21. The fourth-order valence-electron chi connectivity index (χ4n) is 2.97. The van der Waals surface area contributed by atoms with Gasteiger partial charge in [0, 0.05) is 13.2 Å². The van der Waals surface area contributed by atoms with Crippen molar-refractivity contribution in [2.45, 2.75) is 31.7 Å². The number of aryl methyl sites for hydroxylation is 1. The number of aromatic nitrogens is 3. The van der Waals surface area contributed by atoms with Crippen molar-refractivity contribution in [2.24, 2.45) is 0 Å². The molecule has 8 nitrogen and oxygen atoms in total. The van der Waals surface area contributed by atoms with Crippen molar-refractivity contribution >= 4 is 11.9 Å². The zero-order valence-corrected chi connectivity index (χ0v) is 13.9. The van der Waals surface area contributed by atoms with Gasteiger partial charge >= 0.3 is 5.97 Å². The molecular weight excluding hydrogens is 324 g/mol. The largest absolute Gasteiger partial charge is 0.481 e. The second-order valence-electron chi connectivity index (χ2n) is 6.30. The molecule has 0 radical (unpaired) electrons. The van der Waals surface area contributed by atoms with E-state index in [4.69, 9.17) is 9.84 Å². The highest BCUT2D eigenvalue weighted by Crippen LogP contribution is 2.25. The Hall–Kier alpha value is -2.74. The summed E-state index contributed by atoms with van der Waals surface area (Å²) < 4.78 is 6.81. The summed E-state index contributed by atoms with van der Waals surface area (Å²) in [4.78, 5) is 23.7. The second kappa shape index (κ2) is 7.02. The summed E-state index contributed by atoms with van der Waals surface area (Å²) in [6.07, 6.45) is 2.31. The zero-order chi connectivity index (χ0) is 17.9. The molecule has 1 saturated heterocycles. The standard InChI is InChI=1S/C17H20N4O4/c1-12-3-2-4-13(9-12)21-11-14(19-20-21)16(24)18-17(10-15(22)23)5-7-25-8-6-17/h2-4,9,11H,5-8,10H2,1H3,(H,18,24)(H,22,23). The minimum Gasteiger partial charge on any atom is -0.481 e. The average Bonchev–Trinajstić information content (AvgIpc) is 3.05. The number of nitrogens with one attached hydrogen (secondary N) is 1. The fraction of sp³-hybridized carbons (Fsp3) is 0.412. The number of benzene rings is 1. The van der Waals surface area contributed by atoms with Gasteiger partial charge in [-0.15, -0.1) is 5.10 Å². The van der Waals surface area contributed by atoms with Gasteiger partial charge in [-0.05, 0) is 37.5 Å². The molecule has 3 rings (SSSR count). The maximum absolute atomic E-state index is 12.6. The molecule has 1 aromatic heterocycles. The van der Waals surface area contributed by atoms with Crippen LogP contribution in [0.15, 0.2) is 30.5 Å². The van der Waals surface area contributed by atoms with Gasteiger partial charge in [0.25, 0.3) is 5.91 Å². The third-order valence-corrected chi connectivity index (χ3v) is 4.31. The highest BCUT2D eigenvalue weighted by molar-refractivity contribution is 5.92. The molecule has 1 fully saturated rings. The van der Waals surface area contributed by atoms with Crippen LogP contribution in [0, 0.1) is 6.92 Å². The number of carboxylic acid groups (broad SMARTS) is 1. The SMILES string of the molecule is Cc1cccc(-n2cc(C(=O)NC3(CC(=O)O)CCOCC3)nn2)c1. The predicted molar refractivity (Wildman–Crippen MR) is 88.6 cm³/mol. The molecule has 0 atom stereocenters. The molecule has 1 amide bonds. The van der Waals surface area contributed by atoms with Gasteiger partial charge < -0.3 is 15.2 Å². The summed E-state index contributed by atoms with van der Waals surface area (Å²) in [7, 11) is 0. The monoisotopic (exact) mass is 344 g/mol. The van der Waals surface area contributed by atoms with Crippen LogP contribution in [0.2, 0.25) is 0 Å². The average molecular weight is 344 g/mol. The summed E-state index contributed by atoms with van der Waals surface area (Å²) in [6.45, 7) is 2.81. The third-order valence-electron chi connectivity index (χ3n) is 4.31. The molecule has 8 heteroatoms. The summed E-state index contributed by atoms with van der Waals surface area (Å²) in [5, 5.41) is 19.9. The Morgan fingerprint density at radius 1 is 1.36 bits per heavy atom. The Kier molecular flexibility index (Phi) is 4.80. The van der Waals surface area contributed by atoms with E-state index in [9.17, 15) is 9.59 Å². The number of hydrogen-bond acceptors (Lipinski definition) is 5. The molecule has 2 heterocycles. The number of ether oxygens (including phenoxy) is 1. The first-order valence-electron chi connectivity index (χ1n) is 8.09. The fourth-order valence-corrected chi connectivity index (χ4v) is 2.97. The second-order valence-corrected chi connectivity index (χ2v) is 6.30. The first-order valence-corrected chi connectivity index (χ1v) is 8.09. The van der Waals surface area contributed by atoms with Crippen LogP contribution in [0.1, 0.15) is 35.3 Å². The van der Waals surface area contributed by atoms with Crippen molar-refractivity contribution < 1.29 is 19.4 Å². The van der Waals surface area contributed by atoms with Gasteiger partial charge in [0.05, 0.1) is 23.8 Å². The van der Waals surface area contributed by atoms with Gasteiger partial charge in [0.2, 0.25) is 0 Å². The number of aliphatic carboxylic acids is 1. The van der Waals surface area contributed by atoms with Crippen LogP contribution in [0.25, 0.3) is 5.69 Å². The highest BCUT2D eigenvalue weighted by atomic mass is 16.5. The van der Waals surface area contributed by atoms with Gasteiger partial charge in [0.1, 0.15) is 0 Å². The van der Waals surface area contributed by atoms with Crippen molar-refractivity contribution in [3.8, 4) is 5.69 Å². The predicted octanol–water partition coefficient (Wildman–Crippen LogP) is 1.33. The lowest BCUT2D eigenvalue weighted by atomic mass is 9.86. The van der Waals surface area contributed by atoms with Gasteiger partial charge in [-0.1, -0.05) is 17.3 Å². The molecule has 0 spiro atoms. The van der Waals surface area contributed by atoms with Gasteiger partial charge in [-0.25, -0.2) is 4.68 Å². The highest BCUT2D eigenvalue weighted by Gasteiger charge is 2.37. The van der Waals surface area contributed by atoms with Gasteiger partial charge in [-0.2, -0.15) is 0 Å². The van der Waals surface area contributed by atoms with E-state index in [-0.39, 0.29) is 12.1 Å². The normalized spacial score (nSPS) is 16.4. The molecule has 1 aromatic carbocycles. The smallest absolute Gasteiger partial charge is 0.305 e. The van der Waals surface area contributed by atoms with Crippen molar-refractivity contribution in [1.29, 1.82) is 0 Å². The first kappa shape index (κ1) is 17.1. The first-order chi connectivity index (χ1) is 12.0. The number of carbonyl (C=O) groups is 2. The molecular formula is C17H20N4O4. The van der Waals surface area contributed by atoms with E-state index in [0.29, 0.717) is 26.1 Å². The van der Waals surface area contributed by atoms with E-state index in [1.807, 2.05) is 31.2 Å². The lowest BCUT2D eigenvalue weighted by molar-refractivity contribution is -0.139. The van der Waals surface area contributed by atoms with Crippen LogP contribution in [0.3, 0.4) is 0 Å². The van der Waals surface area contributed by atoms with Crippen LogP contribution in [-0.4, -0.2) is 50.7 Å². The zero-order valence-electron chi connectivity index (χ0n) is 13.9. The Bertz CT molecular complexity index is 780. The maximum atomic E-state index is 12.6. The minimum absolute atomic E-state index is 0.145. The summed E-state index contributed by atoms with van der Waals surface area (Å²) in [6, 6.07) is 7.67. The minimum atomic E-state index is -0.953. The topological polar surface area (TPSA) is 106 Å². The van der Waals surface area contributed by atoms with E-state index in [2.05, 4.69) is 15.6 Å². The number of rotatable bonds is 5. The quantitative estimate of drug-likeness (QED) is 0.847. The Morgan fingerprint density at radius 2 is 2.12 bits per heavy atom. The van der Waals surface area contributed by atoms with Crippen molar-refractivity contribution in [3.05, 3.63) is 41.7 Å². The molecule has 2 aromatic rings. The van der Waals surface area contributed by atoms with Crippen molar-refractivity contribution in [3.63, 3.8) is 0 Å². The number of hydrogen-bond donors (Lipinski definition) is 2. The molecule has 1 aliphatic heterocycles. The van der Waals surface area contributed by atoms with Crippen LogP contribution in [0.5, 0.6) is 0 Å². The van der Waals surface area contributed by atoms with Crippen LogP contribution in [-0.2, 0) is 9.53 Å². The van der Waals surface area contributed by atoms with Crippen LogP contribution >= 0.6 is 0 Å². The molecule has 1 aliphatic rings. The van der Waals surface area contributed by atoms with Gasteiger partial charge in [-0.3, -0.25) is 9.59 Å². The molecule has 0 unspecified atom stereocenters. The lowest BCUT2D eigenvalue weighted by Gasteiger charge is -2.36. The Balaban J connectivity index is 1.77. The number of amides is 1. The van der Waals surface area contributed by atoms with Crippen LogP contribution in [0.4, 0.5) is 0 Å². The number of carboxylic acids is 1. The molecule has 0 saturated carbocycles. The van der Waals surface area contributed by atoms with E-state index in [0.717, 1.165) is 11.3 Å². The van der Waals surface area contributed by atoms with Gasteiger partial charge in [0.15, 0.2) is 5.69 Å². The summed E-state index contributed by atoms with van der Waals surface area (Å²) in [5.74, 6) is -1.38. The lowest BCUT2D eigenvalue weighted by Crippen LogP contribution is -2.53. The van der Waals surface area contributed by atoms with E-state index >= 15 is 0 Å². The molecule has 2 N–H and O–H groups in total. The summed E-state index contributed by atoms with van der Waals surface area (Å²) >= 11 is 0. The number of carbonyl (C=O) groups excluding carboxylic acids is 1. The molecule has 25 heavy (non-hydrogen) atoms. The van der Waals surface area contributed by atoms with E-state index < -0.39 is 17.4 Å². The maximum Gasteiger partial charge on any atom is 0.305 e. The van der Waals surface area contributed by atoms with Crippen molar-refractivity contribution in [1.82, 2.24) is 20.3 Å². The van der Waals surface area contributed by atoms with E-state index in [1.54, 1.807) is 0 Å². The van der Waals surface area contributed by atoms with E-state index in [1.165, 1.54) is 10.9 Å². The third kappa shape index (κ3) is 4.03. The number of nitrogens with zero attached hydrogens (tertiary/aromatic N) is 3. The Morgan fingerprint density at radius 3 is 2.80 bits per heavy atom. The Labute approximate surface area is 144 Å². The van der Waals surface area contributed by atoms with Crippen LogP contribution < -0.4 is 5.32 Å². The molecule has 0 aliphatic carbocycles. The van der Waals surface area contributed by atoms with Crippen molar-refractivity contribution in [2.75, 3.05) is 13.2 Å².